The molecular weight excluding hydrogens is 264 g/mol. The SMILES string of the molecule is COc1ccccc1/C=C/C(=O)c1nc2ccccc2[nH]1. The minimum atomic E-state index is -0.169. The summed E-state index contributed by atoms with van der Waals surface area (Å²) in [5.41, 5.74) is 2.49. The Hall–Kier alpha value is -2.88. The molecule has 0 aliphatic heterocycles. The Labute approximate surface area is 122 Å². The summed E-state index contributed by atoms with van der Waals surface area (Å²) >= 11 is 0. The maximum atomic E-state index is 12.2. The lowest BCUT2D eigenvalue weighted by Crippen LogP contribution is -1.96. The summed E-state index contributed by atoms with van der Waals surface area (Å²) in [7, 11) is 1.60. The van der Waals surface area contributed by atoms with E-state index in [1.807, 2.05) is 48.5 Å². The number of H-pyrrole nitrogens is 1. The monoisotopic (exact) mass is 278 g/mol. The average Bonchev–Trinajstić information content (AvgIpc) is 2.97. The smallest absolute Gasteiger partial charge is 0.221 e. The van der Waals surface area contributed by atoms with E-state index >= 15 is 0 Å². The summed E-state index contributed by atoms with van der Waals surface area (Å²) in [5.74, 6) is 0.894. The zero-order valence-corrected chi connectivity index (χ0v) is 11.5. The number of nitrogens with one attached hydrogen (secondary N) is 1. The first-order chi connectivity index (χ1) is 10.3. The van der Waals surface area contributed by atoms with Crippen LogP contribution in [0.5, 0.6) is 5.75 Å². The van der Waals surface area contributed by atoms with Crippen molar-refractivity contribution in [3.8, 4) is 5.75 Å². The Morgan fingerprint density at radius 1 is 1.14 bits per heavy atom. The quantitative estimate of drug-likeness (QED) is 0.587. The molecular formula is C17H14N2O2. The highest BCUT2D eigenvalue weighted by atomic mass is 16.5. The number of aromatic amines is 1. The van der Waals surface area contributed by atoms with Crippen molar-refractivity contribution < 1.29 is 9.53 Å². The first-order valence-corrected chi connectivity index (χ1v) is 6.58. The van der Waals surface area contributed by atoms with Gasteiger partial charge in [-0.15, -0.1) is 0 Å². The number of nitrogens with zero attached hydrogens (tertiary/aromatic N) is 1. The molecule has 1 heterocycles. The van der Waals surface area contributed by atoms with E-state index in [4.69, 9.17) is 4.74 Å². The van der Waals surface area contributed by atoms with Crippen molar-refractivity contribution >= 4 is 22.9 Å². The summed E-state index contributed by atoms with van der Waals surface area (Å²) in [6.45, 7) is 0. The second kappa shape index (κ2) is 5.63. The van der Waals surface area contributed by atoms with Gasteiger partial charge in [0.1, 0.15) is 5.75 Å². The van der Waals surface area contributed by atoms with E-state index in [-0.39, 0.29) is 5.78 Å². The van der Waals surface area contributed by atoms with E-state index in [2.05, 4.69) is 9.97 Å². The summed E-state index contributed by atoms with van der Waals surface area (Å²) < 4.78 is 5.25. The van der Waals surface area contributed by atoms with Gasteiger partial charge in [-0.05, 0) is 30.4 Å². The molecule has 0 saturated heterocycles. The van der Waals surface area contributed by atoms with Crippen LogP contribution in [0.4, 0.5) is 0 Å². The normalized spacial score (nSPS) is 11.1. The van der Waals surface area contributed by atoms with E-state index < -0.39 is 0 Å². The maximum absolute atomic E-state index is 12.2. The molecule has 0 unspecified atom stereocenters. The Morgan fingerprint density at radius 3 is 2.71 bits per heavy atom. The molecule has 104 valence electrons. The van der Waals surface area contributed by atoms with Gasteiger partial charge in [-0.25, -0.2) is 4.98 Å². The molecule has 0 spiro atoms. The highest BCUT2D eigenvalue weighted by Crippen LogP contribution is 2.19. The van der Waals surface area contributed by atoms with Crippen molar-refractivity contribution in [1.82, 2.24) is 9.97 Å². The topological polar surface area (TPSA) is 55.0 Å². The van der Waals surface area contributed by atoms with E-state index in [9.17, 15) is 4.79 Å². The molecule has 4 nitrogen and oxygen atoms in total. The van der Waals surface area contributed by atoms with Crippen LogP contribution < -0.4 is 4.74 Å². The number of fused-ring (bicyclic) bond motifs is 1. The van der Waals surface area contributed by atoms with E-state index in [1.54, 1.807) is 13.2 Å². The molecule has 0 bridgehead atoms. The van der Waals surface area contributed by atoms with Crippen LogP contribution in [-0.4, -0.2) is 22.9 Å². The molecule has 3 rings (SSSR count). The molecule has 4 heteroatoms. The number of methoxy groups -OCH3 is 1. The van der Waals surface area contributed by atoms with Crippen LogP contribution in [0, 0.1) is 0 Å². The average molecular weight is 278 g/mol. The highest BCUT2D eigenvalue weighted by Gasteiger charge is 2.08. The first kappa shape index (κ1) is 13.1. The molecule has 0 fully saturated rings. The van der Waals surface area contributed by atoms with E-state index in [0.29, 0.717) is 5.82 Å². The number of benzene rings is 2. The third kappa shape index (κ3) is 2.69. The van der Waals surface area contributed by atoms with Crippen molar-refractivity contribution in [2.45, 2.75) is 0 Å². The van der Waals surface area contributed by atoms with Gasteiger partial charge < -0.3 is 9.72 Å². The molecule has 0 saturated carbocycles. The van der Waals surface area contributed by atoms with Gasteiger partial charge in [-0.2, -0.15) is 0 Å². The third-order valence-corrected chi connectivity index (χ3v) is 3.18. The number of ketones is 1. The summed E-state index contributed by atoms with van der Waals surface area (Å²) in [6, 6.07) is 15.1. The minimum absolute atomic E-state index is 0.169. The molecule has 0 radical (unpaired) electrons. The minimum Gasteiger partial charge on any atom is -0.496 e. The van der Waals surface area contributed by atoms with Crippen molar-refractivity contribution in [2.24, 2.45) is 0 Å². The Morgan fingerprint density at radius 2 is 1.90 bits per heavy atom. The van der Waals surface area contributed by atoms with Crippen molar-refractivity contribution in [3.63, 3.8) is 0 Å². The number of carbonyl (C=O) groups excluding carboxylic acids is 1. The molecule has 0 atom stereocenters. The van der Waals surface area contributed by atoms with Gasteiger partial charge in [-0.1, -0.05) is 30.3 Å². The zero-order valence-electron chi connectivity index (χ0n) is 11.5. The number of imidazole rings is 1. The number of hydrogen-bond donors (Lipinski definition) is 1. The van der Waals surface area contributed by atoms with Crippen molar-refractivity contribution in [3.05, 3.63) is 66.0 Å². The fourth-order valence-corrected chi connectivity index (χ4v) is 2.12. The molecule has 2 aromatic carbocycles. The van der Waals surface area contributed by atoms with Gasteiger partial charge in [-0.3, -0.25) is 4.79 Å². The molecule has 21 heavy (non-hydrogen) atoms. The molecule has 0 amide bonds. The second-order valence-corrected chi connectivity index (χ2v) is 4.54. The first-order valence-electron chi connectivity index (χ1n) is 6.58. The van der Waals surface area contributed by atoms with Crippen LogP contribution in [-0.2, 0) is 0 Å². The molecule has 0 aliphatic carbocycles. The number of hydrogen-bond acceptors (Lipinski definition) is 3. The van der Waals surface area contributed by atoms with Gasteiger partial charge in [0.25, 0.3) is 0 Å². The summed E-state index contributed by atoms with van der Waals surface area (Å²) in [6.07, 6.45) is 3.23. The molecule has 3 aromatic rings. The summed E-state index contributed by atoms with van der Waals surface area (Å²) in [4.78, 5) is 19.5. The van der Waals surface area contributed by atoms with Gasteiger partial charge in [0.2, 0.25) is 5.78 Å². The number of ether oxygens (including phenoxy) is 1. The third-order valence-electron chi connectivity index (χ3n) is 3.18. The lowest BCUT2D eigenvalue weighted by molar-refractivity contribution is 0.103. The Balaban J connectivity index is 1.87. The van der Waals surface area contributed by atoms with Gasteiger partial charge in [0.05, 0.1) is 18.1 Å². The Bertz CT molecular complexity index is 785. The van der Waals surface area contributed by atoms with Crippen LogP contribution in [0.15, 0.2) is 54.6 Å². The number of carbonyl (C=O) groups is 1. The fourth-order valence-electron chi connectivity index (χ4n) is 2.12. The number of rotatable bonds is 4. The maximum Gasteiger partial charge on any atom is 0.221 e. The predicted octanol–water partition coefficient (Wildman–Crippen LogP) is 3.47. The van der Waals surface area contributed by atoms with E-state index in [1.165, 1.54) is 6.08 Å². The van der Waals surface area contributed by atoms with Crippen LogP contribution in [0.1, 0.15) is 16.2 Å². The van der Waals surface area contributed by atoms with Crippen LogP contribution in [0.3, 0.4) is 0 Å². The fraction of sp³-hybridized carbons (Fsp3) is 0.0588. The number of allylic oxidation sites excluding steroid dienone is 1. The Kier molecular flexibility index (Phi) is 3.51. The lowest BCUT2D eigenvalue weighted by atomic mass is 10.1. The lowest BCUT2D eigenvalue weighted by Gasteiger charge is -2.02. The van der Waals surface area contributed by atoms with Gasteiger partial charge in [0.15, 0.2) is 5.82 Å². The van der Waals surface area contributed by atoms with Crippen molar-refractivity contribution in [2.75, 3.05) is 7.11 Å². The van der Waals surface area contributed by atoms with Crippen molar-refractivity contribution in [1.29, 1.82) is 0 Å². The van der Waals surface area contributed by atoms with Gasteiger partial charge >= 0.3 is 0 Å². The molecule has 1 N–H and O–H groups in total. The van der Waals surface area contributed by atoms with Crippen LogP contribution in [0.2, 0.25) is 0 Å². The number of aromatic nitrogens is 2. The predicted molar refractivity (Wildman–Crippen MR) is 82.5 cm³/mol. The standard InChI is InChI=1S/C17H14N2O2/c1-21-16-9-5-2-6-12(16)10-11-15(20)17-18-13-7-3-4-8-14(13)19-17/h2-11H,1H3,(H,18,19)/b11-10+. The molecule has 0 aliphatic rings. The van der Waals surface area contributed by atoms with Gasteiger partial charge in [0, 0.05) is 5.56 Å². The van der Waals surface area contributed by atoms with E-state index in [0.717, 1.165) is 22.3 Å². The number of para-hydroxylation sites is 3. The van der Waals surface area contributed by atoms with Crippen LogP contribution >= 0.6 is 0 Å². The second-order valence-electron chi connectivity index (χ2n) is 4.54. The van der Waals surface area contributed by atoms with Crippen LogP contribution in [0.25, 0.3) is 17.1 Å². The zero-order chi connectivity index (χ0) is 14.7. The highest BCUT2D eigenvalue weighted by molar-refractivity contribution is 6.06. The summed E-state index contributed by atoms with van der Waals surface area (Å²) in [5, 5.41) is 0. The largest absolute Gasteiger partial charge is 0.496 e. The molecule has 1 aromatic heterocycles.